The molecule has 0 bridgehead atoms. The molecule has 1 aromatic heterocycles. The first kappa shape index (κ1) is 21.9. The zero-order valence-electron chi connectivity index (χ0n) is 18.4. The topological polar surface area (TPSA) is 60.6 Å². The molecule has 2 atom stereocenters. The van der Waals surface area contributed by atoms with Crippen molar-refractivity contribution in [1.82, 2.24) is 4.98 Å². The highest BCUT2D eigenvalue weighted by molar-refractivity contribution is 9.10. The van der Waals surface area contributed by atoms with Gasteiger partial charge in [0.2, 0.25) is 0 Å². The fourth-order valence-electron chi connectivity index (χ4n) is 4.49. The third kappa shape index (κ3) is 4.80. The predicted octanol–water partition coefficient (Wildman–Crippen LogP) is 5.60. The largest absolute Gasteiger partial charge is 0.497 e. The third-order valence-electron chi connectivity index (χ3n) is 6.23. The highest BCUT2D eigenvalue weighted by Crippen LogP contribution is 2.33. The average molecular weight is 484 g/mol. The van der Waals surface area contributed by atoms with Crippen LogP contribution < -0.4 is 20.1 Å². The summed E-state index contributed by atoms with van der Waals surface area (Å²) >= 11 is 3.73. The molecule has 0 saturated heterocycles. The van der Waals surface area contributed by atoms with Crippen LogP contribution in [0.25, 0.3) is 10.9 Å². The number of hydrogen-bond acceptors (Lipinski definition) is 5. The number of aromatic nitrogens is 1. The van der Waals surface area contributed by atoms with Gasteiger partial charge in [-0.2, -0.15) is 0 Å². The lowest BCUT2D eigenvalue weighted by atomic mass is 9.90. The SMILES string of the molecule is COc1ccc(CN(c2cc(C)c3ccc(OC)cc3n2)[C@H]2CCC[C@H](N)C2)c(Br)c1. The Morgan fingerprint density at radius 3 is 2.52 bits per heavy atom. The van der Waals surface area contributed by atoms with Gasteiger partial charge in [0, 0.05) is 34.6 Å². The lowest BCUT2D eigenvalue weighted by Gasteiger charge is -2.38. The van der Waals surface area contributed by atoms with Crippen LogP contribution in [0.15, 0.2) is 46.9 Å². The molecule has 0 spiro atoms. The molecule has 1 saturated carbocycles. The number of fused-ring (bicyclic) bond motifs is 1. The van der Waals surface area contributed by atoms with E-state index in [2.05, 4.69) is 46.0 Å². The molecule has 6 heteroatoms. The van der Waals surface area contributed by atoms with Gasteiger partial charge < -0.3 is 20.1 Å². The molecule has 0 radical (unpaired) electrons. The van der Waals surface area contributed by atoms with Crippen molar-refractivity contribution in [1.29, 1.82) is 0 Å². The molecule has 0 amide bonds. The van der Waals surface area contributed by atoms with E-state index in [0.717, 1.165) is 64.9 Å². The molecule has 1 fully saturated rings. The van der Waals surface area contributed by atoms with E-state index in [4.69, 9.17) is 20.2 Å². The zero-order valence-corrected chi connectivity index (χ0v) is 20.0. The Morgan fingerprint density at radius 2 is 1.81 bits per heavy atom. The number of halogens is 1. The van der Waals surface area contributed by atoms with Gasteiger partial charge in [-0.1, -0.05) is 22.0 Å². The van der Waals surface area contributed by atoms with E-state index >= 15 is 0 Å². The lowest BCUT2D eigenvalue weighted by molar-refractivity contribution is 0.370. The van der Waals surface area contributed by atoms with Crippen LogP contribution in [0.1, 0.15) is 36.8 Å². The van der Waals surface area contributed by atoms with Gasteiger partial charge >= 0.3 is 0 Å². The molecule has 31 heavy (non-hydrogen) atoms. The van der Waals surface area contributed by atoms with Crippen molar-refractivity contribution in [3.05, 3.63) is 58.1 Å². The van der Waals surface area contributed by atoms with Gasteiger partial charge in [-0.15, -0.1) is 0 Å². The second kappa shape index (κ2) is 9.45. The van der Waals surface area contributed by atoms with Gasteiger partial charge in [0.25, 0.3) is 0 Å². The molecule has 4 rings (SSSR count). The van der Waals surface area contributed by atoms with Gasteiger partial charge in [-0.05, 0) is 74.1 Å². The highest BCUT2D eigenvalue weighted by Gasteiger charge is 2.27. The van der Waals surface area contributed by atoms with Crippen molar-refractivity contribution in [2.24, 2.45) is 5.73 Å². The maximum atomic E-state index is 6.37. The van der Waals surface area contributed by atoms with E-state index in [1.165, 1.54) is 11.1 Å². The molecular weight excluding hydrogens is 454 g/mol. The molecule has 3 aromatic rings. The van der Waals surface area contributed by atoms with Crippen molar-refractivity contribution in [3.63, 3.8) is 0 Å². The van der Waals surface area contributed by atoms with E-state index in [1.807, 2.05) is 24.3 Å². The maximum Gasteiger partial charge on any atom is 0.130 e. The third-order valence-corrected chi connectivity index (χ3v) is 6.97. The molecular formula is C25H30BrN3O2. The Labute approximate surface area is 192 Å². The molecule has 0 unspecified atom stereocenters. The van der Waals surface area contributed by atoms with Crippen LogP contribution in [0.4, 0.5) is 5.82 Å². The van der Waals surface area contributed by atoms with Crippen molar-refractivity contribution < 1.29 is 9.47 Å². The van der Waals surface area contributed by atoms with Crippen molar-refractivity contribution in [2.75, 3.05) is 19.1 Å². The molecule has 2 aromatic carbocycles. The Morgan fingerprint density at radius 1 is 1.06 bits per heavy atom. The summed E-state index contributed by atoms with van der Waals surface area (Å²) < 4.78 is 11.8. The molecule has 1 heterocycles. The van der Waals surface area contributed by atoms with E-state index in [0.29, 0.717) is 6.04 Å². The second-order valence-electron chi connectivity index (χ2n) is 8.35. The summed E-state index contributed by atoms with van der Waals surface area (Å²) in [5.41, 5.74) is 9.73. The summed E-state index contributed by atoms with van der Waals surface area (Å²) in [4.78, 5) is 7.50. The van der Waals surface area contributed by atoms with Crippen molar-refractivity contribution in [2.45, 2.75) is 51.2 Å². The number of benzene rings is 2. The summed E-state index contributed by atoms with van der Waals surface area (Å²) in [6, 6.07) is 15.0. The summed E-state index contributed by atoms with van der Waals surface area (Å²) in [6.45, 7) is 2.90. The number of anilines is 1. The van der Waals surface area contributed by atoms with Crippen LogP contribution in [0.3, 0.4) is 0 Å². The van der Waals surface area contributed by atoms with Gasteiger partial charge in [0.05, 0.1) is 19.7 Å². The van der Waals surface area contributed by atoms with Crippen molar-refractivity contribution >= 4 is 32.7 Å². The second-order valence-corrected chi connectivity index (χ2v) is 9.20. The predicted molar refractivity (Wildman–Crippen MR) is 130 cm³/mol. The quantitative estimate of drug-likeness (QED) is 0.494. The molecule has 5 nitrogen and oxygen atoms in total. The number of nitrogens with zero attached hydrogens (tertiary/aromatic N) is 2. The Balaban J connectivity index is 1.76. The zero-order chi connectivity index (χ0) is 22.0. The van der Waals surface area contributed by atoms with Crippen LogP contribution in [0, 0.1) is 6.92 Å². The summed E-state index contributed by atoms with van der Waals surface area (Å²) in [5.74, 6) is 2.65. The molecule has 2 N–H and O–H groups in total. The monoisotopic (exact) mass is 483 g/mol. The Hall–Kier alpha value is -2.31. The van der Waals surface area contributed by atoms with Crippen molar-refractivity contribution in [3.8, 4) is 11.5 Å². The summed E-state index contributed by atoms with van der Waals surface area (Å²) in [5, 5.41) is 1.15. The van der Waals surface area contributed by atoms with Crippen LogP contribution in [0.5, 0.6) is 11.5 Å². The van der Waals surface area contributed by atoms with Gasteiger partial charge in [-0.3, -0.25) is 0 Å². The number of aryl methyl sites for hydroxylation is 1. The molecule has 1 aliphatic carbocycles. The van der Waals surface area contributed by atoms with Crippen LogP contribution >= 0.6 is 15.9 Å². The fraction of sp³-hybridized carbons (Fsp3) is 0.400. The van der Waals surface area contributed by atoms with E-state index in [-0.39, 0.29) is 6.04 Å². The standard InChI is InChI=1S/C25H30BrN3O2/c1-16-11-25(28-24-14-21(31-3)9-10-22(16)24)29(19-6-4-5-18(27)12-19)15-17-7-8-20(30-2)13-23(17)26/h7-11,13-14,18-19H,4-6,12,15,27H2,1-3H3/t18-,19-/m0/s1. The van der Waals surface area contributed by atoms with Gasteiger partial charge in [0.15, 0.2) is 0 Å². The van der Waals surface area contributed by atoms with Crippen LogP contribution in [-0.2, 0) is 6.54 Å². The summed E-state index contributed by atoms with van der Waals surface area (Å²) in [6.07, 6.45) is 4.34. The number of nitrogens with two attached hydrogens (primary N) is 1. The first-order valence-corrected chi connectivity index (χ1v) is 11.6. The highest BCUT2D eigenvalue weighted by atomic mass is 79.9. The minimum Gasteiger partial charge on any atom is -0.497 e. The number of pyridine rings is 1. The van der Waals surface area contributed by atoms with Gasteiger partial charge in [0.1, 0.15) is 17.3 Å². The first-order valence-electron chi connectivity index (χ1n) is 10.8. The normalized spacial score (nSPS) is 18.7. The molecule has 164 valence electrons. The van der Waals surface area contributed by atoms with Crippen LogP contribution in [0.2, 0.25) is 0 Å². The van der Waals surface area contributed by atoms with Crippen LogP contribution in [-0.4, -0.2) is 31.3 Å². The van der Waals surface area contributed by atoms with Gasteiger partial charge in [-0.25, -0.2) is 4.98 Å². The minimum atomic E-state index is 0.238. The van der Waals surface area contributed by atoms with E-state index in [9.17, 15) is 0 Å². The Bertz CT molecular complexity index is 1070. The number of rotatable bonds is 6. The first-order chi connectivity index (χ1) is 15.0. The minimum absolute atomic E-state index is 0.238. The smallest absolute Gasteiger partial charge is 0.130 e. The number of methoxy groups -OCH3 is 2. The maximum absolute atomic E-state index is 6.37. The molecule has 0 aliphatic heterocycles. The number of hydrogen-bond donors (Lipinski definition) is 1. The average Bonchev–Trinajstić information content (AvgIpc) is 2.77. The number of ether oxygens (including phenoxy) is 2. The van der Waals surface area contributed by atoms with E-state index < -0.39 is 0 Å². The Kier molecular flexibility index (Phi) is 6.68. The molecule has 1 aliphatic rings. The lowest BCUT2D eigenvalue weighted by Crippen LogP contribution is -2.43. The fourth-order valence-corrected chi connectivity index (χ4v) is 4.97. The summed E-state index contributed by atoms with van der Waals surface area (Å²) in [7, 11) is 3.38. The van der Waals surface area contributed by atoms with E-state index in [1.54, 1.807) is 14.2 Å².